The van der Waals surface area contributed by atoms with Crippen molar-refractivity contribution in [3.05, 3.63) is 46.0 Å². The molecular formula is C17H22N2O5. The molecule has 0 radical (unpaired) electrons. The number of morpholine rings is 1. The fourth-order valence-electron chi connectivity index (χ4n) is 2.39. The predicted molar refractivity (Wildman–Crippen MR) is 89.6 cm³/mol. The van der Waals surface area contributed by atoms with Gasteiger partial charge in [-0.15, -0.1) is 0 Å². The highest BCUT2D eigenvalue weighted by Crippen LogP contribution is 2.14. The Morgan fingerprint density at radius 3 is 2.92 bits per heavy atom. The van der Waals surface area contributed by atoms with Crippen LogP contribution in [0.3, 0.4) is 0 Å². The first kappa shape index (κ1) is 18.1. The second kappa shape index (κ2) is 9.14. The van der Waals surface area contributed by atoms with Crippen LogP contribution in [0.15, 0.2) is 30.3 Å². The SMILES string of the molecule is C[C@@H](CCN1CCOCC1)OC(=O)/C=C/c1cccc([N+](=O)[O-])c1. The number of rotatable bonds is 7. The maximum absolute atomic E-state index is 11.8. The predicted octanol–water partition coefficient (Wildman–Crippen LogP) is 2.26. The van der Waals surface area contributed by atoms with Crippen LogP contribution in [0.2, 0.25) is 0 Å². The largest absolute Gasteiger partial charge is 0.459 e. The number of hydrogen-bond acceptors (Lipinski definition) is 6. The molecule has 0 unspecified atom stereocenters. The molecule has 1 aromatic carbocycles. The van der Waals surface area contributed by atoms with Crippen molar-refractivity contribution in [3.8, 4) is 0 Å². The second-order valence-corrected chi connectivity index (χ2v) is 5.68. The van der Waals surface area contributed by atoms with Gasteiger partial charge < -0.3 is 9.47 Å². The lowest BCUT2D eigenvalue weighted by atomic mass is 10.2. The number of nitrogens with zero attached hydrogens (tertiary/aromatic N) is 2. The molecule has 0 bridgehead atoms. The highest BCUT2D eigenvalue weighted by molar-refractivity contribution is 5.87. The summed E-state index contributed by atoms with van der Waals surface area (Å²) >= 11 is 0. The van der Waals surface area contributed by atoms with Crippen LogP contribution < -0.4 is 0 Å². The molecule has 1 heterocycles. The lowest BCUT2D eigenvalue weighted by Crippen LogP contribution is -2.38. The Kier molecular flexibility index (Phi) is 6.89. The van der Waals surface area contributed by atoms with Gasteiger partial charge in [-0.05, 0) is 25.0 Å². The van der Waals surface area contributed by atoms with Crippen molar-refractivity contribution in [2.75, 3.05) is 32.8 Å². The third-order valence-electron chi connectivity index (χ3n) is 3.77. The van der Waals surface area contributed by atoms with Gasteiger partial charge in [0, 0.05) is 37.8 Å². The summed E-state index contributed by atoms with van der Waals surface area (Å²) in [7, 11) is 0. The van der Waals surface area contributed by atoms with Crippen molar-refractivity contribution in [2.45, 2.75) is 19.4 Å². The van der Waals surface area contributed by atoms with Gasteiger partial charge >= 0.3 is 5.97 Å². The van der Waals surface area contributed by atoms with Crippen LogP contribution >= 0.6 is 0 Å². The van der Waals surface area contributed by atoms with E-state index in [0.29, 0.717) is 5.56 Å². The molecule has 1 fully saturated rings. The zero-order chi connectivity index (χ0) is 17.4. The minimum atomic E-state index is -0.469. The minimum absolute atomic E-state index is 0.00982. The quantitative estimate of drug-likeness (QED) is 0.329. The van der Waals surface area contributed by atoms with Gasteiger partial charge in [0.2, 0.25) is 0 Å². The molecule has 0 N–H and O–H groups in total. The zero-order valence-electron chi connectivity index (χ0n) is 13.7. The molecule has 0 saturated carbocycles. The molecule has 7 heteroatoms. The molecule has 0 aromatic heterocycles. The van der Waals surface area contributed by atoms with Crippen molar-refractivity contribution in [3.63, 3.8) is 0 Å². The van der Waals surface area contributed by atoms with E-state index in [-0.39, 0.29) is 11.8 Å². The summed E-state index contributed by atoms with van der Waals surface area (Å²) < 4.78 is 10.6. The van der Waals surface area contributed by atoms with E-state index in [1.165, 1.54) is 24.3 Å². The Balaban J connectivity index is 1.77. The molecule has 7 nitrogen and oxygen atoms in total. The molecule has 1 saturated heterocycles. The zero-order valence-corrected chi connectivity index (χ0v) is 13.7. The third-order valence-corrected chi connectivity index (χ3v) is 3.77. The molecule has 24 heavy (non-hydrogen) atoms. The number of nitro groups is 1. The fraction of sp³-hybridized carbons (Fsp3) is 0.471. The Bertz CT molecular complexity index is 596. The fourth-order valence-corrected chi connectivity index (χ4v) is 2.39. The highest BCUT2D eigenvalue weighted by Gasteiger charge is 2.13. The Hall–Kier alpha value is -2.25. The number of benzene rings is 1. The Labute approximate surface area is 141 Å². The Morgan fingerprint density at radius 2 is 2.21 bits per heavy atom. The van der Waals surface area contributed by atoms with E-state index >= 15 is 0 Å². The lowest BCUT2D eigenvalue weighted by molar-refractivity contribution is -0.384. The van der Waals surface area contributed by atoms with Gasteiger partial charge in [0.05, 0.1) is 18.1 Å². The number of nitro benzene ring substituents is 1. The molecule has 1 aliphatic heterocycles. The van der Waals surface area contributed by atoms with E-state index in [1.54, 1.807) is 12.1 Å². The standard InChI is InChI=1S/C17H22N2O5/c1-14(7-8-18-9-11-23-12-10-18)24-17(20)6-5-15-3-2-4-16(13-15)19(21)22/h2-6,13-14H,7-12H2,1H3/b6-5+/t14-/m0/s1. The van der Waals surface area contributed by atoms with Crippen LogP contribution in [0.1, 0.15) is 18.9 Å². The van der Waals surface area contributed by atoms with Gasteiger partial charge in [-0.2, -0.15) is 0 Å². The minimum Gasteiger partial charge on any atom is -0.459 e. The summed E-state index contributed by atoms with van der Waals surface area (Å²) in [5, 5.41) is 10.7. The number of non-ortho nitro benzene ring substituents is 1. The summed E-state index contributed by atoms with van der Waals surface area (Å²) in [6, 6.07) is 6.09. The molecular weight excluding hydrogens is 312 g/mol. The van der Waals surface area contributed by atoms with Gasteiger partial charge in [-0.1, -0.05) is 12.1 Å². The van der Waals surface area contributed by atoms with Crippen molar-refractivity contribution in [1.29, 1.82) is 0 Å². The van der Waals surface area contributed by atoms with E-state index in [2.05, 4.69) is 4.90 Å². The number of carbonyl (C=O) groups is 1. The van der Waals surface area contributed by atoms with Crippen molar-refractivity contribution in [2.24, 2.45) is 0 Å². The first-order valence-electron chi connectivity index (χ1n) is 7.98. The molecule has 0 spiro atoms. The highest BCUT2D eigenvalue weighted by atomic mass is 16.6. The van der Waals surface area contributed by atoms with Crippen molar-refractivity contribution < 1.29 is 19.2 Å². The summed E-state index contributed by atoms with van der Waals surface area (Å²) in [4.78, 5) is 24.4. The van der Waals surface area contributed by atoms with Crippen LogP contribution in [0.4, 0.5) is 5.69 Å². The number of ether oxygens (including phenoxy) is 2. The van der Waals surface area contributed by atoms with Crippen LogP contribution in [0.25, 0.3) is 6.08 Å². The smallest absolute Gasteiger partial charge is 0.331 e. The van der Waals surface area contributed by atoms with Gasteiger partial charge in [0.1, 0.15) is 6.10 Å². The van der Waals surface area contributed by atoms with Crippen LogP contribution in [-0.4, -0.2) is 54.7 Å². The molecule has 0 amide bonds. The average molecular weight is 334 g/mol. The van der Waals surface area contributed by atoms with Crippen LogP contribution in [-0.2, 0) is 14.3 Å². The first-order chi connectivity index (χ1) is 11.5. The van der Waals surface area contributed by atoms with Gasteiger partial charge in [0.25, 0.3) is 5.69 Å². The molecule has 1 aliphatic rings. The van der Waals surface area contributed by atoms with Gasteiger partial charge in [-0.25, -0.2) is 4.79 Å². The van der Waals surface area contributed by atoms with E-state index in [9.17, 15) is 14.9 Å². The number of esters is 1. The summed E-state index contributed by atoms with van der Waals surface area (Å²) in [5.41, 5.74) is 0.575. The number of hydrogen-bond donors (Lipinski definition) is 0. The van der Waals surface area contributed by atoms with Crippen molar-refractivity contribution in [1.82, 2.24) is 4.90 Å². The maximum Gasteiger partial charge on any atom is 0.331 e. The monoisotopic (exact) mass is 334 g/mol. The normalized spacial score (nSPS) is 16.9. The second-order valence-electron chi connectivity index (χ2n) is 5.68. The molecule has 130 valence electrons. The van der Waals surface area contributed by atoms with Crippen LogP contribution in [0, 0.1) is 10.1 Å². The third kappa shape index (κ3) is 6.10. The molecule has 2 rings (SSSR count). The Morgan fingerprint density at radius 1 is 1.46 bits per heavy atom. The van der Waals surface area contributed by atoms with E-state index in [4.69, 9.17) is 9.47 Å². The molecule has 0 aliphatic carbocycles. The molecule has 1 atom stereocenters. The van der Waals surface area contributed by atoms with Crippen molar-refractivity contribution >= 4 is 17.7 Å². The first-order valence-corrected chi connectivity index (χ1v) is 7.98. The van der Waals surface area contributed by atoms with E-state index in [1.807, 2.05) is 6.92 Å². The van der Waals surface area contributed by atoms with E-state index in [0.717, 1.165) is 39.3 Å². The summed E-state index contributed by atoms with van der Waals surface area (Å²) in [6.45, 7) is 6.05. The lowest BCUT2D eigenvalue weighted by Gasteiger charge is -2.27. The van der Waals surface area contributed by atoms with E-state index < -0.39 is 10.9 Å². The summed E-state index contributed by atoms with van der Waals surface area (Å²) in [5.74, 6) is -0.448. The topological polar surface area (TPSA) is 81.9 Å². The van der Waals surface area contributed by atoms with Gasteiger partial charge in [0.15, 0.2) is 0 Å². The molecule has 1 aromatic rings. The van der Waals surface area contributed by atoms with Gasteiger partial charge in [-0.3, -0.25) is 15.0 Å². The summed E-state index contributed by atoms with van der Waals surface area (Å²) in [6.07, 6.45) is 3.39. The van der Waals surface area contributed by atoms with Crippen LogP contribution in [0.5, 0.6) is 0 Å². The average Bonchev–Trinajstić information content (AvgIpc) is 2.59. The number of carbonyl (C=O) groups excluding carboxylic acids is 1. The maximum atomic E-state index is 11.8.